The number of unbranched alkanes of at least 4 members (excludes halogenated alkanes) is 4. The summed E-state index contributed by atoms with van der Waals surface area (Å²) < 4.78 is 4.66. The van der Waals surface area contributed by atoms with Crippen LogP contribution in [0.3, 0.4) is 0 Å². The minimum Gasteiger partial charge on any atom is -0.469 e. The van der Waals surface area contributed by atoms with E-state index in [0.29, 0.717) is 35.4 Å². The highest BCUT2D eigenvalue weighted by molar-refractivity contribution is 9.13. The van der Waals surface area contributed by atoms with Crippen molar-refractivity contribution in [3.8, 4) is 0 Å². The number of carbonyl (C=O) groups excluding carboxylic acids is 1. The lowest BCUT2D eigenvalue weighted by Gasteiger charge is -2.25. The van der Waals surface area contributed by atoms with Crippen LogP contribution < -0.4 is 0 Å². The minimum absolute atomic E-state index is 0.0975. The van der Waals surface area contributed by atoms with Crippen LogP contribution in [0, 0.1) is 0 Å². The normalized spacial score (nSPS) is 18.4. The van der Waals surface area contributed by atoms with Crippen molar-refractivity contribution in [2.75, 3.05) is 7.11 Å². The Labute approximate surface area is 216 Å². The van der Waals surface area contributed by atoms with Gasteiger partial charge in [0.25, 0.3) is 0 Å². The minimum atomic E-state index is -0.0975. The molecule has 0 aromatic rings. The highest BCUT2D eigenvalue weighted by Crippen LogP contribution is 2.33. The molecule has 0 amide bonds. The summed E-state index contributed by atoms with van der Waals surface area (Å²) in [6, 6.07) is 0. The van der Waals surface area contributed by atoms with Crippen molar-refractivity contribution in [3.63, 3.8) is 0 Å². The molecule has 0 aliphatic heterocycles. The third-order valence-electron chi connectivity index (χ3n) is 4.56. The molecule has 0 aliphatic rings. The number of esters is 1. The van der Waals surface area contributed by atoms with Crippen molar-refractivity contribution in [1.82, 2.24) is 0 Å². The van der Waals surface area contributed by atoms with Crippen molar-refractivity contribution in [3.05, 3.63) is 0 Å². The van der Waals surface area contributed by atoms with E-state index in [4.69, 9.17) is 0 Å². The van der Waals surface area contributed by atoms with E-state index < -0.39 is 0 Å². The molecule has 0 aliphatic carbocycles. The standard InChI is InChI=1S/C19H32Br6O2/c1-3-13(20)15(22)11-17(24)18(25)12-16(23)14(21)9-7-5-4-6-8-10-19(26)27-2/h13-18H,3-12H2,1-2H3. The Bertz CT molecular complexity index is 385. The van der Waals surface area contributed by atoms with Crippen LogP contribution in [0.25, 0.3) is 0 Å². The molecule has 27 heavy (non-hydrogen) atoms. The van der Waals surface area contributed by atoms with Crippen LogP contribution in [0.2, 0.25) is 0 Å². The molecule has 0 heterocycles. The lowest BCUT2D eigenvalue weighted by Crippen LogP contribution is -2.27. The van der Waals surface area contributed by atoms with E-state index in [-0.39, 0.29) is 5.97 Å². The fraction of sp³-hybridized carbons (Fsp3) is 0.947. The Balaban J connectivity index is 3.92. The number of halogens is 6. The highest BCUT2D eigenvalue weighted by atomic mass is 79.9. The lowest BCUT2D eigenvalue weighted by molar-refractivity contribution is -0.140. The monoisotopic (exact) mass is 766 g/mol. The average Bonchev–Trinajstić information content (AvgIpc) is 2.65. The van der Waals surface area contributed by atoms with Gasteiger partial charge in [-0.25, -0.2) is 0 Å². The molecular formula is C19H32Br6O2. The Morgan fingerprint density at radius 1 is 0.704 bits per heavy atom. The first kappa shape index (κ1) is 29.4. The second-order valence-electron chi connectivity index (χ2n) is 6.86. The summed E-state index contributed by atoms with van der Waals surface area (Å²) in [5.41, 5.74) is 0. The van der Waals surface area contributed by atoms with E-state index in [9.17, 15) is 4.79 Å². The van der Waals surface area contributed by atoms with Crippen LogP contribution in [-0.2, 0) is 9.53 Å². The van der Waals surface area contributed by atoms with Gasteiger partial charge in [-0.05, 0) is 32.1 Å². The van der Waals surface area contributed by atoms with Crippen LogP contribution >= 0.6 is 95.6 Å². The van der Waals surface area contributed by atoms with Gasteiger partial charge in [-0.2, -0.15) is 0 Å². The quantitative estimate of drug-likeness (QED) is 0.0893. The molecule has 0 fully saturated rings. The molecular weight excluding hydrogens is 740 g/mol. The second kappa shape index (κ2) is 18.0. The molecule has 6 unspecified atom stereocenters. The van der Waals surface area contributed by atoms with Gasteiger partial charge in [0.15, 0.2) is 0 Å². The maximum Gasteiger partial charge on any atom is 0.305 e. The number of ether oxygens (including phenoxy) is 1. The summed E-state index contributed by atoms with van der Waals surface area (Å²) in [6.45, 7) is 2.20. The second-order valence-corrected chi connectivity index (χ2v) is 13.9. The van der Waals surface area contributed by atoms with Crippen molar-refractivity contribution in [2.45, 2.75) is 100 Å². The zero-order chi connectivity index (χ0) is 20.8. The van der Waals surface area contributed by atoms with Crippen LogP contribution in [0.15, 0.2) is 0 Å². The van der Waals surface area contributed by atoms with Gasteiger partial charge in [0.05, 0.1) is 7.11 Å². The van der Waals surface area contributed by atoms with Crippen molar-refractivity contribution < 1.29 is 9.53 Å². The molecule has 8 heteroatoms. The largest absolute Gasteiger partial charge is 0.469 e. The molecule has 0 bridgehead atoms. The van der Waals surface area contributed by atoms with Gasteiger partial charge in [0, 0.05) is 35.4 Å². The van der Waals surface area contributed by atoms with E-state index in [0.717, 1.165) is 32.1 Å². The van der Waals surface area contributed by atoms with Gasteiger partial charge in [0.2, 0.25) is 0 Å². The summed E-state index contributed by atoms with van der Waals surface area (Å²) in [4.78, 5) is 13.8. The fourth-order valence-electron chi connectivity index (χ4n) is 2.70. The first-order valence-electron chi connectivity index (χ1n) is 9.64. The zero-order valence-electron chi connectivity index (χ0n) is 16.1. The molecule has 2 nitrogen and oxygen atoms in total. The van der Waals surface area contributed by atoms with Crippen molar-refractivity contribution in [2.24, 2.45) is 0 Å². The Morgan fingerprint density at radius 2 is 1.15 bits per heavy atom. The van der Waals surface area contributed by atoms with E-state index in [1.54, 1.807) is 0 Å². The number of hydrogen-bond donors (Lipinski definition) is 0. The van der Waals surface area contributed by atoms with E-state index >= 15 is 0 Å². The summed E-state index contributed by atoms with van der Waals surface area (Å²) in [5, 5.41) is 0. The Morgan fingerprint density at radius 3 is 1.67 bits per heavy atom. The van der Waals surface area contributed by atoms with E-state index in [1.807, 2.05) is 0 Å². The van der Waals surface area contributed by atoms with Gasteiger partial charge in [-0.15, -0.1) is 0 Å². The summed E-state index contributed by atoms with van der Waals surface area (Å²) in [6.07, 6.45) is 10.6. The first-order valence-corrected chi connectivity index (χ1v) is 15.1. The summed E-state index contributed by atoms with van der Waals surface area (Å²) >= 11 is 23.0. The third-order valence-corrected chi connectivity index (χ3v) is 13.1. The molecule has 0 rings (SSSR count). The molecule has 0 aromatic carbocycles. The van der Waals surface area contributed by atoms with Gasteiger partial charge < -0.3 is 4.74 Å². The van der Waals surface area contributed by atoms with Gasteiger partial charge in [-0.1, -0.05) is 128 Å². The fourth-order valence-corrected chi connectivity index (χ4v) is 7.14. The highest BCUT2D eigenvalue weighted by Gasteiger charge is 2.26. The number of alkyl halides is 6. The van der Waals surface area contributed by atoms with Crippen LogP contribution in [0.5, 0.6) is 0 Å². The average molecular weight is 772 g/mol. The third kappa shape index (κ3) is 14.9. The zero-order valence-corrected chi connectivity index (χ0v) is 25.6. The molecule has 0 aromatic heterocycles. The molecule has 6 atom stereocenters. The van der Waals surface area contributed by atoms with E-state index in [2.05, 4.69) is 107 Å². The maximum absolute atomic E-state index is 11.1. The van der Waals surface area contributed by atoms with Gasteiger partial charge in [0.1, 0.15) is 0 Å². The summed E-state index contributed by atoms with van der Waals surface area (Å²) in [5.74, 6) is -0.0975. The number of hydrogen-bond acceptors (Lipinski definition) is 2. The maximum atomic E-state index is 11.1. The van der Waals surface area contributed by atoms with Crippen molar-refractivity contribution >= 4 is 102 Å². The topological polar surface area (TPSA) is 26.3 Å². The predicted molar refractivity (Wildman–Crippen MR) is 140 cm³/mol. The van der Waals surface area contributed by atoms with Crippen LogP contribution in [0.4, 0.5) is 0 Å². The van der Waals surface area contributed by atoms with E-state index in [1.165, 1.54) is 32.8 Å². The van der Waals surface area contributed by atoms with Crippen molar-refractivity contribution in [1.29, 1.82) is 0 Å². The Hall–Kier alpha value is 2.35. The molecule has 162 valence electrons. The molecule has 0 saturated carbocycles. The molecule has 0 N–H and O–H groups in total. The predicted octanol–water partition coefficient (Wildman–Crippen LogP) is 8.66. The van der Waals surface area contributed by atoms with Gasteiger partial charge >= 0.3 is 5.97 Å². The molecule has 0 spiro atoms. The number of carbonyl (C=O) groups is 1. The number of methoxy groups -OCH3 is 1. The lowest BCUT2D eigenvalue weighted by atomic mass is 10.0. The van der Waals surface area contributed by atoms with Crippen LogP contribution in [-0.4, -0.2) is 42.0 Å². The van der Waals surface area contributed by atoms with Crippen LogP contribution in [0.1, 0.15) is 71.1 Å². The molecule has 0 saturated heterocycles. The first-order chi connectivity index (χ1) is 12.7. The Kier molecular flexibility index (Phi) is 19.5. The van der Waals surface area contributed by atoms with Gasteiger partial charge in [-0.3, -0.25) is 4.79 Å². The summed E-state index contributed by atoms with van der Waals surface area (Å²) in [7, 11) is 1.45. The SMILES string of the molecule is CCC(Br)C(Br)CC(Br)C(Br)CC(Br)C(Br)CCCCCCCC(=O)OC. The molecule has 0 radical (unpaired) electrons. The number of rotatable bonds is 16. The smallest absolute Gasteiger partial charge is 0.305 e.